The normalized spacial score (nSPS) is 17.4. The number of aryl methyl sites for hydroxylation is 2. The summed E-state index contributed by atoms with van der Waals surface area (Å²) in [6, 6.07) is 2.38. The van der Waals surface area contributed by atoms with Crippen LogP contribution in [0.1, 0.15) is 30.6 Å². The Hall–Kier alpha value is -2.35. The molecule has 25 heavy (non-hydrogen) atoms. The van der Waals surface area contributed by atoms with Gasteiger partial charge in [0, 0.05) is 45.6 Å². The van der Waals surface area contributed by atoms with Gasteiger partial charge >= 0.3 is 0 Å². The summed E-state index contributed by atoms with van der Waals surface area (Å²) in [5, 5.41) is 11.4. The Kier molecular flexibility index (Phi) is 5.70. The van der Waals surface area contributed by atoms with Gasteiger partial charge in [0.2, 0.25) is 0 Å². The van der Waals surface area contributed by atoms with E-state index in [1.54, 1.807) is 7.11 Å². The van der Waals surface area contributed by atoms with E-state index < -0.39 is 0 Å². The van der Waals surface area contributed by atoms with Crippen molar-refractivity contribution in [3.8, 4) is 0 Å². The fraction of sp³-hybridized carbons (Fsp3) is 0.588. The van der Waals surface area contributed by atoms with E-state index >= 15 is 0 Å². The van der Waals surface area contributed by atoms with Crippen LogP contribution in [0.5, 0.6) is 0 Å². The van der Waals surface area contributed by atoms with Crippen molar-refractivity contribution >= 4 is 5.96 Å². The number of aromatic nitrogens is 4. The Balaban J connectivity index is 1.61. The third-order valence-electron chi connectivity index (χ3n) is 4.17. The van der Waals surface area contributed by atoms with Crippen LogP contribution in [0, 0.1) is 0 Å². The topological polar surface area (TPSA) is 81.3 Å². The van der Waals surface area contributed by atoms with Crippen molar-refractivity contribution in [1.82, 2.24) is 30.0 Å². The number of ether oxygens (including phenoxy) is 1. The molecule has 8 nitrogen and oxygen atoms in total. The Morgan fingerprint density at radius 1 is 1.48 bits per heavy atom. The standard InChI is InChI=1S/C17H27N7O/c1-4-18-17(19-9-13-7-8-23(2)10-13)20-14-5-6-16-21-15(12-25-3)22-24(16)11-14/h7-8,10,14H,4-6,9,11-12H2,1-3H3,(H2,18,19,20). The fourth-order valence-electron chi connectivity index (χ4n) is 3.01. The molecule has 0 spiro atoms. The zero-order valence-corrected chi connectivity index (χ0v) is 15.2. The van der Waals surface area contributed by atoms with Crippen LogP contribution < -0.4 is 10.6 Å². The second-order valence-electron chi connectivity index (χ2n) is 6.32. The van der Waals surface area contributed by atoms with Gasteiger partial charge in [0.1, 0.15) is 12.4 Å². The zero-order chi connectivity index (χ0) is 17.6. The van der Waals surface area contributed by atoms with Crippen molar-refractivity contribution in [2.45, 2.75) is 45.5 Å². The second kappa shape index (κ2) is 8.15. The monoisotopic (exact) mass is 345 g/mol. The van der Waals surface area contributed by atoms with Gasteiger partial charge < -0.3 is 19.9 Å². The van der Waals surface area contributed by atoms with Gasteiger partial charge in [0.25, 0.3) is 0 Å². The maximum absolute atomic E-state index is 5.12. The van der Waals surface area contributed by atoms with Gasteiger partial charge in [-0.25, -0.2) is 14.7 Å². The minimum Gasteiger partial charge on any atom is -0.377 e. The molecular formula is C17H27N7O. The number of hydrogen-bond acceptors (Lipinski definition) is 4. The van der Waals surface area contributed by atoms with Crippen LogP contribution in [0.25, 0.3) is 0 Å². The van der Waals surface area contributed by atoms with E-state index in [2.05, 4.69) is 39.9 Å². The van der Waals surface area contributed by atoms with Crippen molar-refractivity contribution in [2.75, 3.05) is 13.7 Å². The highest BCUT2D eigenvalue weighted by molar-refractivity contribution is 5.80. The first-order valence-corrected chi connectivity index (χ1v) is 8.75. The number of aliphatic imine (C=N–C) groups is 1. The van der Waals surface area contributed by atoms with Gasteiger partial charge in [0.15, 0.2) is 11.8 Å². The Bertz CT molecular complexity index is 718. The molecule has 0 saturated carbocycles. The van der Waals surface area contributed by atoms with Crippen LogP contribution in [0.3, 0.4) is 0 Å². The van der Waals surface area contributed by atoms with Gasteiger partial charge in [-0.1, -0.05) is 0 Å². The zero-order valence-electron chi connectivity index (χ0n) is 15.2. The highest BCUT2D eigenvalue weighted by Gasteiger charge is 2.22. The molecule has 0 fully saturated rings. The molecule has 136 valence electrons. The maximum atomic E-state index is 5.12. The summed E-state index contributed by atoms with van der Waals surface area (Å²) >= 11 is 0. The van der Waals surface area contributed by atoms with Crippen molar-refractivity contribution in [2.24, 2.45) is 12.0 Å². The van der Waals surface area contributed by atoms with E-state index in [-0.39, 0.29) is 6.04 Å². The van der Waals surface area contributed by atoms with Crippen molar-refractivity contribution in [3.63, 3.8) is 0 Å². The summed E-state index contributed by atoms with van der Waals surface area (Å²) in [5.41, 5.74) is 1.20. The van der Waals surface area contributed by atoms with Crippen LogP contribution >= 0.6 is 0 Å². The highest BCUT2D eigenvalue weighted by Crippen LogP contribution is 2.13. The molecule has 3 rings (SSSR count). The van der Waals surface area contributed by atoms with E-state index in [0.29, 0.717) is 13.2 Å². The van der Waals surface area contributed by atoms with Gasteiger partial charge in [-0.05, 0) is 25.0 Å². The van der Waals surface area contributed by atoms with Crippen LogP contribution in [-0.2, 0) is 37.9 Å². The first-order chi connectivity index (χ1) is 12.2. The van der Waals surface area contributed by atoms with Crippen molar-refractivity contribution < 1.29 is 4.74 Å². The summed E-state index contributed by atoms with van der Waals surface area (Å²) < 4.78 is 9.14. The molecule has 3 heterocycles. The molecule has 0 bridgehead atoms. The summed E-state index contributed by atoms with van der Waals surface area (Å²) in [5.74, 6) is 2.64. The molecule has 2 aromatic rings. The molecule has 0 saturated heterocycles. The van der Waals surface area contributed by atoms with E-state index in [9.17, 15) is 0 Å². The fourth-order valence-corrected chi connectivity index (χ4v) is 3.01. The molecule has 1 unspecified atom stereocenters. The number of fused-ring (bicyclic) bond motifs is 1. The predicted octanol–water partition coefficient (Wildman–Crippen LogP) is 0.833. The number of hydrogen-bond donors (Lipinski definition) is 2. The maximum Gasteiger partial charge on any atom is 0.191 e. The first-order valence-electron chi connectivity index (χ1n) is 8.75. The third-order valence-corrected chi connectivity index (χ3v) is 4.17. The number of nitrogens with one attached hydrogen (secondary N) is 2. The lowest BCUT2D eigenvalue weighted by Gasteiger charge is -2.25. The number of rotatable bonds is 6. The highest BCUT2D eigenvalue weighted by atomic mass is 16.5. The van der Waals surface area contributed by atoms with Gasteiger partial charge in [-0.15, -0.1) is 0 Å². The molecule has 1 aliphatic rings. The molecule has 0 aromatic carbocycles. The molecule has 0 aliphatic carbocycles. The summed E-state index contributed by atoms with van der Waals surface area (Å²) in [4.78, 5) is 9.22. The average molecular weight is 345 g/mol. The molecule has 8 heteroatoms. The largest absolute Gasteiger partial charge is 0.377 e. The number of methoxy groups -OCH3 is 1. The lowest BCUT2D eigenvalue weighted by molar-refractivity contribution is 0.177. The summed E-state index contributed by atoms with van der Waals surface area (Å²) in [6.07, 6.45) is 6.05. The molecule has 0 radical (unpaired) electrons. The second-order valence-corrected chi connectivity index (χ2v) is 6.32. The molecule has 2 N–H and O–H groups in total. The third kappa shape index (κ3) is 4.60. The van der Waals surface area contributed by atoms with E-state index in [4.69, 9.17) is 9.73 Å². The minimum atomic E-state index is 0.290. The van der Waals surface area contributed by atoms with Gasteiger partial charge in [-0.2, -0.15) is 5.10 Å². The Labute approximate surface area is 148 Å². The number of nitrogens with zero attached hydrogens (tertiary/aromatic N) is 5. The summed E-state index contributed by atoms with van der Waals surface area (Å²) in [7, 11) is 3.68. The SMILES string of the molecule is CCNC(=NCc1ccn(C)c1)NC1CCc2nc(COC)nn2C1. The Morgan fingerprint density at radius 2 is 2.36 bits per heavy atom. The Morgan fingerprint density at radius 3 is 3.08 bits per heavy atom. The van der Waals surface area contributed by atoms with E-state index in [0.717, 1.165) is 43.5 Å². The molecule has 1 aliphatic heterocycles. The van der Waals surface area contributed by atoms with E-state index in [1.165, 1.54) is 5.56 Å². The van der Waals surface area contributed by atoms with Crippen LogP contribution in [0.4, 0.5) is 0 Å². The molecule has 1 atom stereocenters. The molecule has 0 amide bonds. The quantitative estimate of drug-likeness (QED) is 0.599. The van der Waals surface area contributed by atoms with Crippen LogP contribution in [-0.4, -0.2) is 45.0 Å². The van der Waals surface area contributed by atoms with E-state index in [1.807, 2.05) is 22.5 Å². The van der Waals surface area contributed by atoms with Crippen molar-refractivity contribution in [1.29, 1.82) is 0 Å². The lowest BCUT2D eigenvalue weighted by atomic mass is 10.1. The van der Waals surface area contributed by atoms with Crippen LogP contribution in [0.2, 0.25) is 0 Å². The summed E-state index contributed by atoms with van der Waals surface area (Å²) in [6.45, 7) is 4.82. The van der Waals surface area contributed by atoms with Crippen LogP contribution in [0.15, 0.2) is 23.5 Å². The minimum absolute atomic E-state index is 0.290. The first kappa shape index (κ1) is 17.5. The van der Waals surface area contributed by atoms with Gasteiger partial charge in [-0.3, -0.25) is 0 Å². The van der Waals surface area contributed by atoms with Crippen molar-refractivity contribution in [3.05, 3.63) is 35.7 Å². The number of guanidine groups is 1. The predicted molar refractivity (Wildman–Crippen MR) is 96.2 cm³/mol. The molecular weight excluding hydrogens is 318 g/mol. The smallest absolute Gasteiger partial charge is 0.191 e. The lowest BCUT2D eigenvalue weighted by Crippen LogP contribution is -2.47. The molecule has 2 aromatic heterocycles. The van der Waals surface area contributed by atoms with Gasteiger partial charge in [0.05, 0.1) is 13.1 Å². The average Bonchev–Trinajstić information content (AvgIpc) is 3.18.